The minimum absolute atomic E-state index is 0.252. The largest absolute Gasteiger partial charge is 0.395 e. The predicted molar refractivity (Wildman–Crippen MR) is 43.7 cm³/mol. The van der Waals surface area contributed by atoms with Crippen LogP contribution >= 0.6 is 11.9 Å². The SMILES string of the molecule is CC(CO)N1CC(SN)C1. The van der Waals surface area contributed by atoms with Gasteiger partial charge in [-0.1, -0.05) is 11.9 Å². The van der Waals surface area contributed by atoms with Crippen molar-refractivity contribution in [3.05, 3.63) is 0 Å². The Morgan fingerprint density at radius 3 is 2.80 bits per heavy atom. The van der Waals surface area contributed by atoms with Crippen molar-refractivity contribution in [3.63, 3.8) is 0 Å². The molecule has 1 atom stereocenters. The Hall–Kier alpha value is 0.230. The van der Waals surface area contributed by atoms with Crippen molar-refractivity contribution in [3.8, 4) is 0 Å². The highest BCUT2D eigenvalue weighted by Gasteiger charge is 2.29. The van der Waals surface area contributed by atoms with Crippen LogP contribution in [0.3, 0.4) is 0 Å². The third kappa shape index (κ3) is 1.63. The summed E-state index contributed by atoms with van der Waals surface area (Å²) in [7, 11) is 0. The summed E-state index contributed by atoms with van der Waals surface area (Å²) in [5.74, 6) is 0. The molecular weight excluding hydrogens is 148 g/mol. The number of rotatable bonds is 3. The molecule has 10 heavy (non-hydrogen) atoms. The molecule has 1 saturated heterocycles. The molecule has 1 aliphatic rings. The minimum atomic E-state index is 0.252. The van der Waals surface area contributed by atoms with E-state index < -0.39 is 0 Å². The molecule has 1 unspecified atom stereocenters. The van der Waals surface area contributed by atoms with Gasteiger partial charge in [-0.15, -0.1) is 0 Å². The van der Waals surface area contributed by atoms with E-state index in [1.807, 2.05) is 6.92 Å². The first-order valence-corrected chi connectivity index (χ1v) is 4.42. The second kappa shape index (κ2) is 3.57. The van der Waals surface area contributed by atoms with Crippen molar-refractivity contribution in [2.24, 2.45) is 5.14 Å². The average Bonchev–Trinajstić information content (AvgIpc) is 1.85. The molecule has 0 aliphatic carbocycles. The zero-order valence-corrected chi connectivity index (χ0v) is 6.97. The van der Waals surface area contributed by atoms with Crippen LogP contribution in [-0.2, 0) is 0 Å². The van der Waals surface area contributed by atoms with Crippen LogP contribution in [0.5, 0.6) is 0 Å². The molecule has 0 aromatic heterocycles. The van der Waals surface area contributed by atoms with Crippen LogP contribution in [0.25, 0.3) is 0 Å². The molecule has 3 nitrogen and oxygen atoms in total. The zero-order valence-electron chi connectivity index (χ0n) is 6.16. The van der Waals surface area contributed by atoms with Crippen LogP contribution in [0.15, 0.2) is 0 Å². The third-order valence-corrected chi connectivity index (χ3v) is 2.64. The van der Waals surface area contributed by atoms with E-state index in [9.17, 15) is 0 Å². The maximum Gasteiger partial charge on any atom is 0.0584 e. The molecule has 60 valence electrons. The number of aliphatic hydroxyl groups is 1. The highest BCUT2D eigenvalue weighted by Crippen LogP contribution is 2.19. The molecule has 0 saturated carbocycles. The Kier molecular flexibility index (Phi) is 2.97. The first kappa shape index (κ1) is 8.33. The van der Waals surface area contributed by atoms with E-state index in [0.29, 0.717) is 11.3 Å². The van der Waals surface area contributed by atoms with Crippen LogP contribution in [0.4, 0.5) is 0 Å². The maximum atomic E-state index is 8.75. The van der Waals surface area contributed by atoms with E-state index in [-0.39, 0.29) is 6.61 Å². The lowest BCUT2D eigenvalue weighted by molar-refractivity contribution is 0.0876. The fourth-order valence-electron chi connectivity index (χ4n) is 1.03. The summed E-state index contributed by atoms with van der Waals surface area (Å²) < 4.78 is 0. The van der Waals surface area contributed by atoms with Crippen molar-refractivity contribution in [1.82, 2.24) is 4.90 Å². The Bertz CT molecular complexity index is 106. The van der Waals surface area contributed by atoms with Crippen molar-refractivity contribution in [2.45, 2.75) is 18.2 Å². The van der Waals surface area contributed by atoms with Gasteiger partial charge in [-0.25, -0.2) is 0 Å². The molecule has 0 aromatic rings. The van der Waals surface area contributed by atoms with E-state index in [2.05, 4.69) is 4.90 Å². The lowest BCUT2D eigenvalue weighted by Crippen LogP contribution is -2.54. The summed E-state index contributed by atoms with van der Waals surface area (Å²) in [5.41, 5.74) is 0. The summed E-state index contributed by atoms with van der Waals surface area (Å²) in [4.78, 5) is 2.23. The van der Waals surface area contributed by atoms with E-state index in [0.717, 1.165) is 13.1 Å². The molecule has 0 amide bonds. The maximum absolute atomic E-state index is 8.75. The molecule has 1 rings (SSSR count). The molecule has 3 N–H and O–H groups in total. The number of aliphatic hydroxyl groups excluding tert-OH is 1. The average molecular weight is 162 g/mol. The van der Waals surface area contributed by atoms with Crippen LogP contribution in [-0.4, -0.2) is 41.0 Å². The van der Waals surface area contributed by atoms with Gasteiger partial charge >= 0.3 is 0 Å². The van der Waals surface area contributed by atoms with Crippen LogP contribution in [0.1, 0.15) is 6.92 Å². The van der Waals surface area contributed by atoms with E-state index in [1.165, 1.54) is 11.9 Å². The summed E-state index contributed by atoms with van der Waals surface area (Å²) >= 11 is 1.42. The number of nitrogens with two attached hydrogens (primary N) is 1. The molecule has 0 bridgehead atoms. The van der Waals surface area contributed by atoms with Gasteiger partial charge in [0.1, 0.15) is 0 Å². The predicted octanol–water partition coefficient (Wildman–Crippen LogP) is -0.342. The number of hydrogen-bond donors (Lipinski definition) is 2. The fourth-order valence-corrected chi connectivity index (χ4v) is 1.59. The molecule has 1 heterocycles. The van der Waals surface area contributed by atoms with Crippen LogP contribution < -0.4 is 5.14 Å². The Labute approximate surface area is 65.7 Å². The number of nitrogens with zero attached hydrogens (tertiary/aromatic N) is 1. The monoisotopic (exact) mass is 162 g/mol. The van der Waals surface area contributed by atoms with Gasteiger partial charge < -0.3 is 5.11 Å². The van der Waals surface area contributed by atoms with Gasteiger partial charge in [-0.05, 0) is 6.92 Å². The lowest BCUT2D eigenvalue weighted by Gasteiger charge is -2.41. The van der Waals surface area contributed by atoms with Crippen molar-refractivity contribution < 1.29 is 5.11 Å². The quantitative estimate of drug-likeness (QED) is 0.557. The Morgan fingerprint density at radius 2 is 2.40 bits per heavy atom. The van der Waals surface area contributed by atoms with Crippen LogP contribution in [0.2, 0.25) is 0 Å². The summed E-state index contributed by atoms with van der Waals surface area (Å²) in [6.45, 7) is 4.34. The molecule has 1 aliphatic heterocycles. The fraction of sp³-hybridized carbons (Fsp3) is 1.00. The van der Waals surface area contributed by atoms with E-state index in [4.69, 9.17) is 10.2 Å². The van der Waals surface area contributed by atoms with E-state index >= 15 is 0 Å². The van der Waals surface area contributed by atoms with Gasteiger partial charge in [0, 0.05) is 24.4 Å². The van der Waals surface area contributed by atoms with Gasteiger partial charge in [0.15, 0.2) is 0 Å². The Balaban J connectivity index is 2.13. The first-order valence-electron chi connectivity index (χ1n) is 3.48. The highest BCUT2D eigenvalue weighted by atomic mass is 32.2. The van der Waals surface area contributed by atoms with Gasteiger partial charge in [0.05, 0.1) is 6.61 Å². The summed E-state index contributed by atoms with van der Waals surface area (Å²) in [6.07, 6.45) is 0. The Morgan fingerprint density at radius 1 is 1.80 bits per heavy atom. The smallest absolute Gasteiger partial charge is 0.0584 e. The van der Waals surface area contributed by atoms with Gasteiger partial charge in [0.2, 0.25) is 0 Å². The molecule has 0 radical (unpaired) electrons. The topological polar surface area (TPSA) is 49.5 Å². The third-order valence-electron chi connectivity index (χ3n) is 1.96. The second-order valence-electron chi connectivity index (χ2n) is 2.74. The molecular formula is C6H14N2OS. The van der Waals surface area contributed by atoms with Gasteiger partial charge in [-0.3, -0.25) is 10.0 Å². The molecule has 0 spiro atoms. The van der Waals surface area contributed by atoms with Gasteiger partial charge in [-0.2, -0.15) is 0 Å². The number of likely N-dealkylation sites (tertiary alicyclic amines) is 1. The molecule has 0 aromatic carbocycles. The number of hydrogen-bond acceptors (Lipinski definition) is 4. The lowest BCUT2D eigenvalue weighted by atomic mass is 10.1. The summed E-state index contributed by atoms with van der Waals surface area (Å²) in [6, 6.07) is 0.309. The van der Waals surface area contributed by atoms with Crippen molar-refractivity contribution in [2.75, 3.05) is 19.7 Å². The molecule has 4 heteroatoms. The van der Waals surface area contributed by atoms with Crippen LogP contribution in [0, 0.1) is 0 Å². The highest BCUT2D eigenvalue weighted by molar-refractivity contribution is 7.97. The second-order valence-corrected chi connectivity index (χ2v) is 3.68. The zero-order chi connectivity index (χ0) is 7.56. The summed E-state index contributed by atoms with van der Waals surface area (Å²) in [5, 5.41) is 14.7. The van der Waals surface area contributed by atoms with Gasteiger partial charge in [0.25, 0.3) is 0 Å². The standard InChI is InChI=1S/C6H14N2OS/c1-5(4-9)8-2-6(3-8)10-7/h5-6,9H,2-4,7H2,1H3. The minimum Gasteiger partial charge on any atom is -0.395 e. The molecule has 1 fully saturated rings. The van der Waals surface area contributed by atoms with E-state index in [1.54, 1.807) is 0 Å². The first-order chi connectivity index (χ1) is 4.77. The van der Waals surface area contributed by atoms with Crippen molar-refractivity contribution >= 4 is 11.9 Å². The normalized spacial score (nSPS) is 24.3. The van der Waals surface area contributed by atoms with Crippen molar-refractivity contribution in [1.29, 1.82) is 0 Å².